The fraction of sp³-hybridized carbons (Fsp3) is 0.292. The van der Waals surface area contributed by atoms with Crippen LogP contribution in [0.15, 0.2) is 57.8 Å². The van der Waals surface area contributed by atoms with Crippen LogP contribution in [0.2, 0.25) is 0 Å². The van der Waals surface area contributed by atoms with Crippen LogP contribution in [0.5, 0.6) is 0 Å². The number of carbonyl (C=O) groups excluding carboxylic acids is 1. The van der Waals surface area contributed by atoms with Crippen molar-refractivity contribution in [3.8, 4) is 0 Å². The Balaban J connectivity index is 1.42. The Morgan fingerprint density at radius 1 is 1.03 bits per heavy atom. The van der Waals surface area contributed by atoms with Crippen LogP contribution in [0, 0.1) is 0 Å². The van der Waals surface area contributed by atoms with Crippen molar-refractivity contribution in [3.63, 3.8) is 0 Å². The Kier molecular flexibility index (Phi) is 5.17. The number of fused-ring (bicyclic) bond motifs is 2. The van der Waals surface area contributed by atoms with Crippen LogP contribution < -0.4 is 5.32 Å². The molecule has 2 aromatic carbocycles. The van der Waals surface area contributed by atoms with Gasteiger partial charge in [0, 0.05) is 36.8 Å². The highest BCUT2D eigenvalue weighted by molar-refractivity contribution is 7.90. The molecule has 2 heterocycles. The Morgan fingerprint density at radius 3 is 2.56 bits per heavy atom. The number of nitrogens with zero attached hydrogens (tertiary/aromatic N) is 3. The number of likely N-dealkylation sites (tertiary alicyclic amines) is 1. The predicted molar refractivity (Wildman–Crippen MR) is 125 cm³/mol. The minimum absolute atomic E-state index is 0.110. The summed E-state index contributed by atoms with van der Waals surface area (Å²) < 4.78 is 29.3. The first kappa shape index (κ1) is 20.6. The van der Waals surface area contributed by atoms with Gasteiger partial charge in [0.25, 0.3) is 15.9 Å². The Hall–Kier alpha value is -3.26. The van der Waals surface area contributed by atoms with E-state index in [4.69, 9.17) is 4.98 Å². The van der Waals surface area contributed by atoms with E-state index in [9.17, 15) is 13.2 Å². The molecule has 1 aliphatic carbocycles. The topological polar surface area (TPSA) is 91.7 Å². The molecule has 1 aromatic heterocycles. The van der Waals surface area contributed by atoms with Gasteiger partial charge in [-0.25, -0.2) is 0 Å². The summed E-state index contributed by atoms with van der Waals surface area (Å²) in [5.74, 6) is 0.381. The Bertz CT molecular complexity index is 1350. The van der Waals surface area contributed by atoms with Crippen LogP contribution in [-0.4, -0.2) is 43.6 Å². The summed E-state index contributed by atoms with van der Waals surface area (Å²) in [6.07, 6.45) is 4.27. The smallest absolute Gasteiger partial charge is 0.283 e. The molecule has 2 aliphatic rings. The molecule has 7 nitrogen and oxygen atoms in total. The van der Waals surface area contributed by atoms with Crippen LogP contribution in [0.1, 0.15) is 40.9 Å². The number of benzene rings is 2. The molecule has 3 aromatic rings. The van der Waals surface area contributed by atoms with Crippen molar-refractivity contribution in [2.24, 2.45) is 4.40 Å². The monoisotopic (exact) mass is 448 g/mol. The first-order valence-corrected chi connectivity index (χ1v) is 12.2. The van der Waals surface area contributed by atoms with Crippen LogP contribution in [-0.2, 0) is 22.9 Å². The number of hydrogen-bond acceptors (Lipinski definition) is 4. The number of sulfonamides is 1. The molecular weight excluding hydrogens is 424 g/mol. The van der Waals surface area contributed by atoms with E-state index >= 15 is 0 Å². The van der Waals surface area contributed by atoms with Crippen molar-refractivity contribution >= 4 is 38.4 Å². The highest BCUT2D eigenvalue weighted by Crippen LogP contribution is 2.30. The molecule has 1 amide bonds. The second-order valence-electron chi connectivity index (χ2n) is 8.27. The largest absolute Gasteiger partial charge is 0.362 e. The molecule has 164 valence electrons. The zero-order chi connectivity index (χ0) is 22.3. The molecule has 1 N–H and O–H groups in total. The van der Waals surface area contributed by atoms with E-state index in [1.165, 1.54) is 12.1 Å². The molecule has 8 heteroatoms. The number of aromatic nitrogens is 1. The number of amides is 1. The van der Waals surface area contributed by atoms with Crippen LogP contribution in [0.3, 0.4) is 0 Å². The lowest BCUT2D eigenvalue weighted by Crippen LogP contribution is -2.20. The van der Waals surface area contributed by atoms with Gasteiger partial charge >= 0.3 is 0 Å². The number of aryl methyl sites for hydroxylation is 1. The fourth-order valence-electron chi connectivity index (χ4n) is 4.48. The van der Waals surface area contributed by atoms with Crippen molar-refractivity contribution in [2.75, 3.05) is 18.9 Å². The molecular formula is C24H24N4O3S. The summed E-state index contributed by atoms with van der Waals surface area (Å²) in [7, 11) is -1.94. The lowest BCUT2D eigenvalue weighted by molar-refractivity contribution is 0.102. The number of amidine groups is 1. The zero-order valence-electron chi connectivity index (χ0n) is 17.8. The normalized spacial score (nSPS) is 17.2. The first-order chi connectivity index (χ1) is 15.4. The highest BCUT2D eigenvalue weighted by atomic mass is 32.2. The Labute approximate surface area is 187 Å². The van der Waals surface area contributed by atoms with Gasteiger partial charge in [0.2, 0.25) is 0 Å². The van der Waals surface area contributed by atoms with Gasteiger partial charge in [-0.05, 0) is 61.6 Å². The summed E-state index contributed by atoms with van der Waals surface area (Å²) in [6, 6.07) is 13.9. The van der Waals surface area contributed by atoms with Crippen LogP contribution in [0.25, 0.3) is 10.9 Å². The van der Waals surface area contributed by atoms with Crippen molar-refractivity contribution in [1.82, 2.24) is 9.88 Å². The summed E-state index contributed by atoms with van der Waals surface area (Å²) in [5, 5.41) is 3.77. The molecule has 32 heavy (non-hydrogen) atoms. The maximum absolute atomic E-state index is 13.3. The number of pyridine rings is 1. The van der Waals surface area contributed by atoms with E-state index in [1.54, 1.807) is 12.1 Å². The molecule has 0 atom stereocenters. The van der Waals surface area contributed by atoms with E-state index in [-0.39, 0.29) is 10.8 Å². The molecule has 1 aliphatic heterocycles. The second-order valence-corrected chi connectivity index (χ2v) is 9.87. The molecule has 5 rings (SSSR count). The third-order valence-corrected chi connectivity index (χ3v) is 7.44. The van der Waals surface area contributed by atoms with Gasteiger partial charge < -0.3 is 10.2 Å². The minimum Gasteiger partial charge on any atom is -0.362 e. The maximum atomic E-state index is 13.3. The number of rotatable bonds is 4. The van der Waals surface area contributed by atoms with Gasteiger partial charge in [0.05, 0.1) is 16.0 Å². The lowest BCUT2D eigenvalue weighted by Gasteiger charge is -2.13. The summed E-state index contributed by atoms with van der Waals surface area (Å²) in [5.41, 5.74) is 4.02. The number of nitrogens with one attached hydrogen (secondary N) is 1. The summed E-state index contributed by atoms with van der Waals surface area (Å²) in [6.45, 7) is 0.812. The second kappa shape index (κ2) is 8.02. The Morgan fingerprint density at radius 2 is 1.81 bits per heavy atom. The van der Waals surface area contributed by atoms with E-state index in [0.717, 1.165) is 54.4 Å². The number of para-hydroxylation sites is 1. The number of anilines is 1. The molecule has 0 unspecified atom stereocenters. The van der Waals surface area contributed by atoms with Gasteiger partial charge in [0.1, 0.15) is 5.84 Å². The summed E-state index contributed by atoms with van der Waals surface area (Å²) >= 11 is 0. The molecule has 0 saturated carbocycles. The average Bonchev–Trinajstić information content (AvgIpc) is 3.40. The van der Waals surface area contributed by atoms with E-state index < -0.39 is 10.0 Å². The van der Waals surface area contributed by atoms with Gasteiger partial charge in [-0.15, -0.1) is 4.40 Å². The highest BCUT2D eigenvalue weighted by Gasteiger charge is 2.24. The van der Waals surface area contributed by atoms with Gasteiger partial charge in [0.15, 0.2) is 0 Å². The average molecular weight is 449 g/mol. The van der Waals surface area contributed by atoms with Crippen LogP contribution in [0.4, 0.5) is 5.69 Å². The van der Waals surface area contributed by atoms with Crippen molar-refractivity contribution in [2.45, 2.75) is 37.0 Å². The zero-order valence-corrected chi connectivity index (χ0v) is 18.7. The standard InChI is InChI=1S/C24H24N4O3S/c1-28-15-5-10-22(28)27-32(30,31)17-13-11-16(12-14-17)25-24(29)23-18-6-2-3-8-20(18)26-21-9-4-7-19(21)23/h2-3,6,8,11-14H,4-5,7,9-10,15H2,1H3,(H,25,29)/b27-22+. The first-order valence-electron chi connectivity index (χ1n) is 10.8. The van der Waals surface area contributed by atoms with Crippen LogP contribution >= 0.6 is 0 Å². The summed E-state index contributed by atoms with van der Waals surface area (Å²) in [4.78, 5) is 20.0. The van der Waals surface area contributed by atoms with Gasteiger partial charge in [-0.2, -0.15) is 8.42 Å². The quantitative estimate of drug-likeness (QED) is 0.656. The van der Waals surface area contributed by atoms with Crippen molar-refractivity contribution in [1.29, 1.82) is 0 Å². The third kappa shape index (κ3) is 3.75. The van der Waals surface area contributed by atoms with E-state index in [0.29, 0.717) is 23.5 Å². The number of carbonyl (C=O) groups is 1. The van der Waals surface area contributed by atoms with E-state index in [2.05, 4.69) is 9.71 Å². The SMILES string of the molecule is CN1CCC/C1=N\S(=O)(=O)c1ccc(NC(=O)c2c3c(nc4ccccc24)CCC3)cc1. The maximum Gasteiger partial charge on any atom is 0.283 e. The fourth-order valence-corrected chi connectivity index (χ4v) is 5.57. The molecule has 0 radical (unpaired) electrons. The van der Waals surface area contributed by atoms with Crippen molar-refractivity contribution in [3.05, 3.63) is 65.4 Å². The van der Waals surface area contributed by atoms with E-state index in [1.807, 2.05) is 36.2 Å². The lowest BCUT2D eigenvalue weighted by atomic mass is 10.0. The number of hydrogen-bond donors (Lipinski definition) is 1. The van der Waals surface area contributed by atoms with Gasteiger partial charge in [-0.3, -0.25) is 9.78 Å². The molecule has 1 saturated heterocycles. The third-order valence-electron chi connectivity index (χ3n) is 6.12. The molecule has 1 fully saturated rings. The van der Waals surface area contributed by atoms with Crippen molar-refractivity contribution < 1.29 is 13.2 Å². The molecule has 0 bridgehead atoms. The minimum atomic E-state index is -3.79. The molecule has 0 spiro atoms. The van der Waals surface area contributed by atoms with Gasteiger partial charge in [-0.1, -0.05) is 18.2 Å². The predicted octanol–water partition coefficient (Wildman–Crippen LogP) is 3.79.